The quantitative estimate of drug-likeness (QED) is 0.344. The van der Waals surface area contributed by atoms with Crippen LogP contribution in [-0.4, -0.2) is 66.6 Å². The van der Waals surface area contributed by atoms with Crippen LogP contribution in [0.3, 0.4) is 0 Å². The lowest BCUT2D eigenvalue weighted by atomic mass is 10.2. The third-order valence-corrected chi connectivity index (χ3v) is 2.96. The van der Waals surface area contributed by atoms with Gasteiger partial charge in [-0.3, -0.25) is 5.41 Å². The van der Waals surface area contributed by atoms with E-state index in [4.69, 9.17) is 20.3 Å². The van der Waals surface area contributed by atoms with Crippen molar-refractivity contribution in [3.8, 4) is 0 Å². The van der Waals surface area contributed by atoms with E-state index < -0.39 is 20.5 Å². The number of aliphatic hydroxyl groups is 2. The predicted octanol–water partition coefficient (Wildman–Crippen LogP) is -1.81. The van der Waals surface area contributed by atoms with Gasteiger partial charge in [0.2, 0.25) is 0 Å². The molecule has 0 aliphatic carbocycles. The molecule has 0 radical (unpaired) electrons. The normalized spacial score (nSPS) is 17.3. The van der Waals surface area contributed by atoms with Gasteiger partial charge in [-0.2, -0.15) is 4.62 Å². The topological polar surface area (TPSA) is 166 Å². The summed E-state index contributed by atoms with van der Waals surface area (Å²) in [4.78, 5) is 25.5. The van der Waals surface area contributed by atoms with E-state index in [-0.39, 0.29) is 30.6 Å². The third-order valence-electron chi connectivity index (χ3n) is 2.55. The van der Waals surface area contributed by atoms with Crippen LogP contribution in [0, 0.1) is 5.41 Å². The first kappa shape index (κ1) is 14.9. The number of imidazole rings is 1. The number of β-amino-alcohol motifs (C(OH)–C–C–N with tert-alkyl or cyclic N) is 1. The molecule has 2 rings (SSSR count). The second kappa shape index (κ2) is 5.48. The Morgan fingerprint density at radius 1 is 1.60 bits per heavy atom. The largest absolute Gasteiger partial charge is 0.491 e. The Hall–Kier alpha value is -1.49. The van der Waals surface area contributed by atoms with Gasteiger partial charge >= 0.3 is 7.82 Å². The number of hydrogen-bond donors (Lipinski definition) is 6. The first-order valence-electron chi connectivity index (χ1n) is 5.51. The molecule has 20 heavy (non-hydrogen) atoms. The second-order valence-corrected chi connectivity index (χ2v) is 5.25. The number of hydrogen-bond acceptors (Lipinski definition) is 7. The van der Waals surface area contributed by atoms with E-state index in [0.717, 1.165) is 5.06 Å². The minimum absolute atomic E-state index is 0.0319. The van der Waals surface area contributed by atoms with Crippen molar-refractivity contribution in [3.05, 3.63) is 12.0 Å². The molecule has 0 saturated carbocycles. The molecule has 1 aliphatic rings. The molecule has 1 atom stereocenters. The van der Waals surface area contributed by atoms with Crippen molar-refractivity contribution in [1.29, 1.82) is 5.41 Å². The van der Waals surface area contributed by atoms with Crippen molar-refractivity contribution in [2.24, 2.45) is 0 Å². The van der Waals surface area contributed by atoms with E-state index in [1.165, 1.54) is 11.2 Å². The molecular formula is C8H14N5O6P. The monoisotopic (exact) mass is 307 g/mol. The van der Waals surface area contributed by atoms with Gasteiger partial charge in [0.25, 0.3) is 0 Å². The molecule has 11 nitrogen and oxygen atoms in total. The minimum atomic E-state index is -4.79. The summed E-state index contributed by atoms with van der Waals surface area (Å²) in [6.07, 6.45) is 0.151. The standard InChI is InChI=1S/C8H14N5O6P/c9-7-6-8(11-3-10-6)13(19-20(16,17)18)4-12(7)1-5(15)2-14/h3,5,9,14-15H,1-2,4H2,(H,10,11)(H2,16,17,18). The number of rotatable bonds is 5. The number of nitrogens with zero attached hydrogens (tertiary/aromatic N) is 3. The highest BCUT2D eigenvalue weighted by molar-refractivity contribution is 7.46. The smallest absolute Gasteiger partial charge is 0.394 e. The summed E-state index contributed by atoms with van der Waals surface area (Å²) in [6, 6.07) is 0. The van der Waals surface area contributed by atoms with E-state index in [2.05, 4.69) is 14.6 Å². The van der Waals surface area contributed by atoms with Gasteiger partial charge in [-0.05, 0) is 0 Å². The van der Waals surface area contributed by atoms with Crippen LogP contribution in [0.4, 0.5) is 5.82 Å². The van der Waals surface area contributed by atoms with Crippen LogP contribution in [0.5, 0.6) is 0 Å². The zero-order valence-electron chi connectivity index (χ0n) is 10.2. The highest BCUT2D eigenvalue weighted by atomic mass is 31.2. The molecule has 1 unspecified atom stereocenters. The Morgan fingerprint density at radius 2 is 2.30 bits per heavy atom. The fourth-order valence-corrected chi connectivity index (χ4v) is 2.14. The molecule has 2 heterocycles. The minimum Gasteiger partial charge on any atom is -0.394 e. The van der Waals surface area contributed by atoms with Crippen LogP contribution in [0.2, 0.25) is 0 Å². The van der Waals surface area contributed by atoms with E-state index in [0.29, 0.717) is 0 Å². The predicted molar refractivity (Wildman–Crippen MR) is 65.7 cm³/mol. The molecule has 1 aromatic heterocycles. The number of aromatic amines is 1. The molecule has 0 saturated heterocycles. The number of fused-ring (bicyclic) bond motifs is 1. The third kappa shape index (κ3) is 3.15. The van der Waals surface area contributed by atoms with Crippen molar-refractivity contribution in [1.82, 2.24) is 14.9 Å². The molecule has 0 amide bonds. The maximum Gasteiger partial charge on any atom is 0.491 e. The van der Waals surface area contributed by atoms with Gasteiger partial charge in [-0.1, -0.05) is 0 Å². The SMILES string of the molecule is N=C1c2[nH]cnc2N(OP(=O)(O)O)CN1CC(O)CO. The molecule has 0 bridgehead atoms. The summed E-state index contributed by atoms with van der Waals surface area (Å²) in [5, 5.41) is 27.0. The molecule has 0 spiro atoms. The lowest BCUT2D eigenvalue weighted by molar-refractivity contribution is 0.0676. The number of phosphoric acid groups is 1. The summed E-state index contributed by atoms with van der Waals surface area (Å²) >= 11 is 0. The summed E-state index contributed by atoms with van der Waals surface area (Å²) < 4.78 is 15.4. The van der Waals surface area contributed by atoms with Gasteiger partial charge < -0.3 is 29.9 Å². The zero-order chi connectivity index (χ0) is 14.9. The lowest BCUT2D eigenvalue weighted by Crippen LogP contribution is -2.49. The Kier molecular flexibility index (Phi) is 4.09. The lowest BCUT2D eigenvalue weighted by Gasteiger charge is -2.36. The number of aromatic nitrogens is 2. The number of anilines is 1. The molecule has 0 fully saturated rings. The Bertz CT molecular complexity index is 543. The van der Waals surface area contributed by atoms with Gasteiger partial charge in [0, 0.05) is 6.54 Å². The first-order chi connectivity index (χ1) is 9.31. The van der Waals surface area contributed by atoms with E-state index >= 15 is 0 Å². The molecule has 1 aliphatic heterocycles. The molecule has 12 heteroatoms. The zero-order valence-corrected chi connectivity index (χ0v) is 11.1. The van der Waals surface area contributed by atoms with Gasteiger partial charge in [-0.15, -0.1) is 0 Å². The van der Waals surface area contributed by atoms with Crippen LogP contribution in [0.15, 0.2) is 6.33 Å². The van der Waals surface area contributed by atoms with Crippen LogP contribution in [0.25, 0.3) is 0 Å². The van der Waals surface area contributed by atoms with Gasteiger partial charge in [-0.25, -0.2) is 14.6 Å². The summed E-state index contributed by atoms with van der Waals surface area (Å²) in [5.74, 6) is 0.0311. The molecule has 0 aromatic carbocycles. The highest BCUT2D eigenvalue weighted by Crippen LogP contribution is 2.40. The highest BCUT2D eigenvalue weighted by Gasteiger charge is 2.34. The summed E-state index contributed by atoms with van der Waals surface area (Å²) in [6.45, 7) is -0.827. The van der Waals surface area contributed by atoms with Gasteiger partial charge in [0.1, 0.15) is 18.2 Å². The molecule has 6 N–H and O–H groups in total. The molecule has 1 aromatic rings. The molecular weight excluding hydrogens is 293 g/mol. The second-order valence-electron chi connectivity index (χ2n) is 4.10. The van der Waals surface area contributed by atoms with Crippen molar-refractivity contribution in [2.75, 3.05) is 24.9 Å². The number of H-pyrrole nitrogens is 1. The van der Waals surface area contributed by atoms with Gasteiger partial charge in [0.05, 0.1) is 19.0 Å². The first-order valence-corrected chi connectivity index (χ1v) is 7.04. The van der Waals surface area contributed by atoms with Crippen molar-refractivity contribution in [2.45, 2.75) is 6.10 Å². The number of hydroxylamine groups is 1. The van der Waals surface area contributed by atoms with Crippen LogP contribution >= 0.6 is 7.82 Å². The Balaban J connectivity index is 2.25. The van der Waals surface area contributed by atoms with Crippen LogP contribution < -0.4 is 5.06 Å². The van der Waals surface area contributed by atoms with E-state index in [9.17, 15) is 9.67 Å². The van der Waals surface area contributed by atoms with Crippen LogP contribution in [0.1, 0.15) is 5.69 Å². The average molecular weight is 307 g/mol. The van der Waals surface area contributed by atoms with Crippen molar-refractivity contribution in [3.63, 3.8) is 0 Å². The summed E-state index contributed by atoms with van der Waals surface area (Å²) in [7, 11) is -4.79. The maximum atomic E-state index is 10.9. The molecule has 112 valence electrons. The maximum absolute atomic E-state index is 10.9. The fraction of sp³-hybridized carbons (Fsp3) is 0.500. The summed E-state index contributed by atoms with van der Waals surface area (Å²) in [5.41, 5.74) is 0.190. The fourth-order valence-electron chi connectivity index (χ4n) is 1.76. The van der Waals surface area contributed by atoms with E-state index in [1.807, 2.05) is 0 Å². The Labute approximate surface area is 113 Å². The number of aliphatic hydroxyl groups excluding tert-OH is 2. The van der Waals surface area contributed by atoms with E-state index in [1.54, 1.807) is 0 Å². The van der Waals surface area contributed by atoms with Crippen molar-refractivity contribution < 1.29 is 29.2 Å². The average Bonchev–Trinajstić information content (AvgIpc) is 2.82. The Morgan fingerprint density at radius 3 is 2.90 bits per heavy atom. The number of nitrogens with one attached hydrogen (secondary N) is 2. The van der Waals surface area contributed by atoms with Gasteiger partial charge in [0.15, 0.2) is 5.82 Å². The van der Waals surface area contributed by atoms with Crippen molar-refractivity contribution >= 4 is 19.5 Å². The number of amidine groups is 1. The van der Waals surface area contributed by atoms with Crippen LogP contribution in [-0.2, 0) is 9.19 Å².